The predicted octanol–water partition coefficient (Wildman–Crippen LogP) is 2.91. The van der Waals surface area contributed by atoms with Gasteiger partial charge in [-0.2, -0.15) is 8.78 Å². The third-order valence-corrected chi connectivity index (χ3v) is 4.44. The van der Waals surface area contributed by atoms with Crippen molar-refractivity contribution in [1.82, 2.24) is 15.5 Å². The Bertz CT molecular complexity index is 887. The minimum absolute atomic E-state index is 0.00806. The second kappa shape index (κ2) is 11.7. The number of carbonyl (C=O) groups is 1. The smallest absolute Gasteiger partial charge is 0.387 e. The summed E-state index contributed by atoms with van der Waals surface area (Å²) in [6.07, 6.45) is 0.575. The second-order valence-electron chi connectivity index (χ2n) is 6.86. The lowest BCUT2D eigenvalue weighted by Gasteiger charge is -2.14. The fourth-order valence-electron chi connectivity index (χ4n) is 2.82. The lowest BCUT2D eigenvalue weighted by Crippen LogP contribution is -2.37. The first-order chi connectivity index (χ1) is 14.8. The Balaban J connectivity index is 1.85. The summed E-state index contributed by atoms with van der Waals surface area (Å²) in [5, 5.41) is 6.38. The van der Waals surface area contributed by atoms with Crippen LogP contribution in [0.3, 0.4) is 0 Å². The van der Waals surface area contributed by atoms with Gasteiger partial charge in [0.2, 0.25) is 0 Å². The highest BCUT2D eigenvalue weighted by Gasteiger charge is 2.11. The number of rotatable bonds is 9. The van der Waals surface area contributed by atoms with Crippen LogP contribution in [0, 0.1) is 0 Å². The number of carbonyl (C=O) groups excluding carboxylic acids is 1. The van der Waals surface area contributed by atoms with Crippen LogP contribution < -0.4 is 20.1 Å². The maximum atomic E-state index is 12.6. The van der Waals surface area contributed by atoms with E-state index < -0.39 is 6.61 Å². The Morgan fingerprint density at radius 2 is 1.74 bits per heavy atom. The third-order valence-electron chi connectivity index (χ3n) is 4.44. The van der Waals surface area contributed by atoms with Gasteiger partial charge in [-0.25, -0.2) is 0 Å². The average Bonchev–Trinajstić information content (AvgIpc) is 2.75. The Hall–Kier alpha value is -3.36. The summed E-state index contributed by atoms with van der Waals surface area (Å²) in [7, 11) is 6.49. The molecule has 0 fully saturated rings. The number of nitrogens with zero attached hydrogens (tertiary/aromatic N) is 2. The van der Waals surface area contributed by atoms with Crippen LogP contribution in [-0.2, 0) is 13.0 Å². The van der Waals surface area contributed by atoms with E-state index in [4.69, 9.17) is 4.74 Å². The third kappa shape index (κ3) is 7.44. The zero-order valence-corrected chi connectivity index (χ0v) is 18.1. The number of halogens is 2. The van der Waals surface area contributed by atoms with Crippen LogP contribution in [-0.4, -0.2) is 58.2 Å². The molecule has 2 aromatic rings. The average molecular weight is 434 g/mol. The number of amides is 1. The maximum Gasteiger partial charge on any atom is 0.387 e. The maximum absolute atomic E-state index is 12.6. The molecule has 0 bridgehead atoms. The van der Waals surface area contributed by atoms with Crippen molar-refractivity contribution in [3.05, 3.63) is 59.2 Å². The number of hydrogen-bond acceptors (Lipinski definition) is 4. The second-order valence-corrected chi connectivity index (χ2v) is 6.86. The molecule has 168 valence electrons. The van der Waals surface area contributed by atoms with E-state index in [1.54, 1.807) is 51.5 Å². The van der Waals surface area contributed by atoms with Crippen molar-refractivity contribution in [2.45, 2.75) is 19.6 Å². The lowest BCUT2D eigenvalue weighted by molar-refractivity contribution is -0.0512. The van der Waals surface area contributed by atoms with Crippen molar-refractivity contribution in [3.8, 4) is 11.5 Å². The van der Waals surface area contributed by atoms with Crippen LogP contribution in [0.2, 0.25) is 0 Å². The number of nitrogens with one attached hydrogen (secondary N) is 2. The van der Waals surface area contributed by atoms with E-state index in [1.807, 2.05) is 12.1 Å². The molecule has 31 heavy (non-hydrogen) atoms. The number of hydrogen-bond donors (Lipinski definition) is 2. The summed E-state index contributed by atoms with van der Waals surface area (Å²) in [6.45, 7) is -1.85. The molecule has 2 rings (SSSR count). The number of guanidine groups is 1. The van der Waals surface area contributed by atoms with E-state index >= 15 is 0 Å². The van der Waals surface area contributed by atoms with Gasteiger partial charge in [0.15, 0.2) is 17.5 Å². The number of alkyl halides is 2. The molecule has 0 atom stereocenters. The molecule has 0 aromatic heterocycles. The standard InChI is InChI=1S/C22H28F2N4O3/c1-25-22(27-14-16-5-8-17(9-6-16)20(29)28(2)3)26-12-11-15-7-10-18(30-4)19(13-15)31-21(23)24/h5-10,13,21H,11-12,14H2,1-4H3,(H2,25,26,27). The molecular formula is C22H28F2N4O3. The largest absolute Gasteiger partial charge is 0.493 e. The van der Waals surface area contributed by atoms with Crippen LogP contribution in [0.15, 0.2) is 47.5 Å². The molecule has 0 aliphatic carbocycles. The molecule has 0 unspecified atom stereocenters. The summed E-state index contributed by atoms with van der Waals surface area (Å²) in [5.41, 5.74) is 2.45. The van der Waals surface area contributed by atoms with E-state index in [2.05, 4.69) is 20.4 Å². The molecule has 2 N–H and O–H groups in total. The van der Waals surface area contributed by atoms with Crippen LogP contribution in [0.25, 0.3) is 0 Å². The van der Waals surface area contributed by atoms with Crippen molar-refractivity contribution in [2.24, 2.45) is 4.99 Å². The quantitative estimate of drug-likeness (QED) is 0.469. The summed E-state index contributed by atoms with van der Waals surface area (Å²) in [5.74, 6) is 0.824. The van der Waals surface area contributed by atoms with E-state index in [1.165, 1.54) is 12.0 Å². The number of methoxy groups -OCH3 is 1. The monoisotopic (exact) mass is 434 g/mol. The van der Waals surface area contributed by atoms with Crippen molar-refractivity contribution in [2.75, 3.05) is 34.8 Å². The van der Waals surface area contributed by atoms with Gasteiger partial charge < -0.3 is 25.0 Å². The summed E-state index contributed by atoms with van der Waals surface area (Å²) in [6, 6.07) is 12.3. The topological polar surface area (TPSA) is 75.2 Å². The van der Waals surface area contributed by atoms with Gasteiger partial charge in [0.05, 0.1) is 7.11 Å². The molecule has 0 saturated heterocycles. The van der Waals surface area contributed by atoms with Crippen LogP contribution in [0.1, 0.15) is 21.5 Å². The Labute approximate surface area is 181 Å². The highest BCUT2D eigenvalue weighted by atomic mass is 19.3. The minimum atomic E-state index is -2.92. The van der Waals surface area contributed by atoms with Crippen LogP contribution >= 0.6 is 0 Å². The van der Waals surface area contributed by atoms with Crippen molar-refractivity contribution >= 4 is 11.9 Å². The van der Waals surface area contributed by atoms with Gasteiger partial charge >= 0.3 is 6.61 Å². The minimum Gasteiger partial charge on any atom is -0.493 e. The first-order valence-electron chi connectivity index (χ1n) is 9.71. The fraction of sp³-hybridized carbons (Fsp3) is 0.364. The fourth-order valence-corrected chi connectivity index (χ4v) is 2.82. The highest BCUT2D eigenvalue weighted by Crippen LogP contribution is 2.29. The molecule has 0 heterocycles. The Kier molecular flexibility index (Phi) is 9.05. The Morgan fingerprint density at radius 1 is 1.06 bits per heavy atom. The molecule has 0 saturated carbocycles. The highest BCUT2D eigenvalue weighted by molar-refractivity contribution is 5.93. The predicted molar refractivity (Wildman–Crippen MR) is 116 cm³/mol. The number of aliphatic imine (C=N–C) groups is 1. The number of ether oxygens (including phenoxy) is 2. The first-order valence-corrected chi connectivity index (χ1v) is 9.71. The normalized spacial score (nSPS) is 11.3. The molecule has 0 aliphatic heterocycles. The molecule has 0 aliphatic rings. The van der Waals surface area contributed by atoms with Gasteiger partial charge in [-0.1, -0.05) is 18.2 Å². The van der Waals surface area contributed by atoms with Crippen molar-refractivity contribution in [3.63, 3.8) is 0 Å². The zero-order valence-electron chi connectivity index (χ0n) is 18.1. The van der Waals surface area contributed by atoms with Gasteiger partial charge in [-0.15, -0.1) is 0 Å². The van der Waals surface area contributed by atoms with Gasteiger partial charge in [0.1, 0.15) is 0 Å². The van der Waals surface area contributed by atoms with E-state index in [0.29, 0.717) is 31.0 Å². The molecule has 1 amide bonds. The van der Waals surface area contributed by atoms with Crippen LogP contribution in [0.5, 0.6) is 11.5 Å². The van der Waals surface area contributed by atoms with Crippen molar-refractivity contribution in [1.29, 1.82) is 0 Å². The molecular weight excluding hydrogens is 406 g/mol. The van der Waals surface area contributed by atoms with Gasteiger partial charge in [-0.05, 0) is 41.8 Å². The molecule has 2 aromatic carbocycles. The van der Waals surface area contributed by atoms with E-state index in [0.717, 1.165) is 11.1 Å². The van der Waals surface area contributed by atoms with Gasteiger partial charge in [-0.3, -0.25) is 9.79 Å². The molecule has 0 radical (unpaired) electrons. The summed E-state index contributed by atoms with van der Waals surface area (Å²) >= 11 is 0. The van der Waals surface area contributed by atoms with Crippen molar-refractivity contribution < 1.29 is 23.0 Å². The van der Waals surface area contributed by atoms with E-state index in [-0.39, 0.29) is 17.4 Å². The molecule has 9 heteroatoms. The SMILES string of the molecule is CN=C(NCCc1ccc(OC)c(OC(F)F)c1)NCc1ccc(C(=O)N(C)C)cc1. The lowest BCUT2D eigenvalue weighted by atomic mass is 10.1. The summed E-state index contributed by atoms with van der Waals surface area (Å²) < 4.78 is 34.7. The summed E-state index contributed by atoms with van der Waals surface area (Å²) in [4.78, 5) is 17.7. The van der Waals surface area contributed by atoms with Crippen LogP contribution in [0.4, 0.5) is 8.78 Å². The van der Waals surface area contributed by atoms with E-state index in [9.17, 15) is 13.6 Å². The van der Waals surface area contributed by atoms with Gasteiger partial charge in [0.25, 0.3) is 5.91 Å². The zero-order chi connectivity index (χ0) is 22.8. The Morgan fingerprint density at radius 3 is 2.32 bits per heavy atom. The molecule has 7 nitrogen and oxygen atoms in total. The number of benzene rings is 2. The molecule has 0 spiro atoms. The first kappa shape index (κ1) is 23.9. The van der Waals surface area contributed by atoms with Gasteiger partial charge in [0, 0.05) is 39.8 Å².